The fraction of sp³-hybridized carbons (Fsp3) is 0.278. The quantitative estimate of drug-likeness (QED) is 0.372. The number of rotatable bonds is 1. The van der Waals surface area contributed by atoms with Gasteiger partial charge in [-0.3, -0.25) is 0 Å². The van der Waals surface area contributed by atoms with E-state index in [9.17, 15) is 5.21 Å². The number of halogens is 1. The highest BCUT2D eigenvalue weighted by molar-refractivity contribution is 6.30. The van der Waals surface area contributed by atoms with Crippen molar-refractivity contribution < 1.29 is 5.21 Å². The Morgan fingerprint density at radius 1 is 1.21 bits per heavy atom. The van der Waals surface area contributed by atoms with Crippen molar-refractivity contribution in [2.24, 2.45) is 5.16 Å². The summed E-state index contributed by atoms with van der Waals surface area (Å²) in [4.78, 5) is 2.28. The molecule has 24 heavy (non-hydrogen) atoms. The molecule has 0 fully saturated rings. The second-order valence-electron chi connectivity index (χ2n) is 6.36. The summed E-state index contributed by atoms with van der Waals surface area (Å²) in [6, 6.07) is 9.59. The van der Waals surface area contributed by atoms with Gasteiger partial charge < -0.3 is 15.3 Å². The van der Waals surface area contributed by atoms with E-state index in [0.29, 0.717) is 17.1 Å². The maximum Gasteiger partial charge on any atom is 0.296 e. The van der Waals surface area contributed by atoms with Crippen molar-refractivity contribution in [3.8, 4) is 11.1 Å². The van der Waals surface area contributed by atoms with Crippen LogP contribution in [0.4, 0.5) is 5.69 Å². The Labute approximate surface area is 145 Å². The third-order valence-electron chi connectivity index (χ3n) is 4.87. The Morgan fingerprint density at radius 2 is 1.96 bits per heavy atom. The molecule has 0 atom stereocenters. The van der Waals surface area contributed by atoms with E-state index in [1.54, 1.807) is 0 Å². The zero-order valence-electron chi connectivity index (χ0n) is 13.3. The normalized spacial score (nSPS) is 19.5. The van der Waals surface area contributed by atoms with Crippen LogP contribution in [-0.4, -0.2) is 29.5 Å². The molecule has 5 nitrogen and oxygen atoms in total. The molecular formula is C18H17ClN3O2. The van der Waals surface area contributed by atoms with Crippen LogP contribution in [0.1, 0.15) is 16.7 Å². The van der Waals surface area contributed by atoms with E-state index >= 15 is 0 Å². The number of hydrogen-bond acceptors (Lipinski definition) is 4. The fourth-order valence-electron chi connectivity index (χ4n) is 3.65. The summed E-state index contributed by atoms with van der Waals surface area (Å²) in [6.07, 6.45) is 1.28. The van der Waals surface area contributed by atoms with Gasteiger partial charge in [-0.2, -0.15) is 0 Å². The molecule has 1 radical (unpaired) electrons. The van der Waals surface area contributed by atoms with E-state index in [0.717, 1.165) is 41.3 Å². The SMILES string of the molecule is CN1CCc2c(c(-c3ccc(Cl)cc3)cc3c2CC(=NO)[N+]3[O-])C1. The largest absolute Gasteiger partial charge is 0.569 e. The minimum absolute atomic E-state index is 0.152. The van der Waals surface area contributed by atoms with Gasteiger partial charge in [-0.1, -0.05) is 23.7 Å². The molecule has 4 rings (SSSR count). The van der Waals surface area contributed by atoms with Gasteiger partial charge >= 0.3 is 0 Å². The van der Waals surface area contributed by atoms with Crippen LogP contribution in [0.3, 0.4) is 0 Å². The van der Waals surface area contributed by atoms with Gasteiger partial charge in [0.05, 0.1) is 6.42 Å². The Bertz CT molecular complexity index is 833. The van der Waals surface area contributed by atoms with Gasteiger partial charge in [-0.25, -0.2) is 0 Å². The molecular weight excluding hydrogens is 326 g/mol. The van der Waals surface area contributed by atoms with Crippen molar-refractivity contribution in [2.75, 3.05) is 13.6 Å². The summed E-state index contributed by atoms with van der Waals surface area (Å²) < 4.78 is 0. The number of fused-ring (bicyclic) bond motifs is 3. The predicted molar refractivity (Wildman–Crippen MR) is 95.0 cm³/mol. The Balaban J connectivity index is 1.94. The average molecular weight is 343 g/mol. The van der Waals surface area contributed by atoms with E-state index in [4.69, 9.17) is 16.8 Å². The second-order valence-corrected chi connectivity index (χ2v) is 6.80. The van der Waals surface area contributed by atoms with E-state index in [1.807, 2.05) is 30.3 Å². The summed E-state index contributed by atoms with van der Waals surface area (Å²) in [5.74, 6) is 0.152. The first-order chi connectivity index (χ1) is 11.6. The minimum atomic E-state index is 0.152. The number of benzene rings is 2. The van der Waals surface area contributed by atoms with Crippen LogP contribution in [0.15, 0.2) is 35.5 Å². The van der Waals surface area contributed by atoms with Gasteiger partial charge in [0.15, 0.2) is 5.69 Å². The first-order valence-corrected chi connectivity index (χ1v) is 8.26. The van der Waals surface area contributed by atoms with E-state index in [2.05, 4.69) is 17.1 Å². The molecule has 2 aliphatic rings. The van der Waals surface area contributed by atoms with Crippen LogP contribution in [0, 0.1) is 5.21 Å². The molecule has 0 unspecified atom stereocenters. The van der Waals surface area contributed by atoms with Crippen molar-refractivity contribution in [1.29, 1.82) is 0 Å². The second kappa shape index (κ2) is 5.86. The number of anilines is 1. The first kappa shape index (κ1) is 15.6. The van der Waals surface area contributed by atoms with Gasteiger partial charge in [-0.15, -0.1) is 5.06 Å². The van der Waals surface area contributed by atoms with Gasteiger partial charge in [0.1, 0.15) is 0 Å². The Kier molecular flexibility index (Phi) is 3.81. The molecule has 2 aromatic carbocycles. The number of nitrogens with zero attached hydrogens (tertiary/aromatic N) is 3. The lowest BCUT2D eigenvalue weighted by Crippen LogP contribution is -2.28. The topological polar surface area (TPSA) is 64.8 Å². The molecule has 0 saturated heterocycles. The molecule has 0 saturated carbocycles. The summed E-state index contributed by atoms with van der Waals surface area (Å²) in [5, 5.41) is 26.1. The molecule has 2 heterocycles. The van der Waals surface area contributed by atoms with E-state index in [1.165, 1.54) is 11.1 Å². The van der Waals surface area contributed by atoms with Crippen molar-refractivity contribution in [3.63, 3.8) is 0 Å². The van der Waals surface area contributed by atoms with Crippen molar-refractivity contribution >= 4 is 23.1 Å². The molecule has 0 spiro atoms. The number of hydroxylamine groups is 1. The van der Waals surface area contributed by atoms with Crippen LogP contribution in [-0.2, 0) is 19.4 Å². The van der Waals surface area contributed by atoms with Crippen LogP contribution >= 0.6 is 11.6 Å². The highest BCUT2D eigenvalue weighted by atomic mass is 35.5. The maximum atomic E-state index is 12.4. The fourth-order valence-corrected chi connectivity index (χ4v) is 3.78. The van der Waals surface area contributed by atoms with Crippen LogP contribution in [0.2, 0.25) is 5.02 Å². The molecule has 6 heteroatoms. The standard InChI is InChI=1S/C18H17ClN3O2/c1-21-7-6-13-15-9-18(20-23)22(24)17(15)8-14(16(13)10-21)11-2-4-12(19)5-3-11/h2-5,8,23H,6-7,9-10H2,1H3. The van der Waals surface area contributed by atoms with Crippen molar-refractivity contribution in [1.82, 2.24) is 9.96 Å². The van der Waals surface area contributed by atoms with Gasteiger partial charge in [0.2, 0.25) is 0 Å². The summed E-state index contributed by atoms with van der Waals surface area (Å²) in [7, 11) is 2.10. The zero-order chi connectivity index (χ0) is 16.8. The molecule has 0 bridgehead atoms. The molecule has 0 aromatic heterocycles. The predicted octanol–water partition coefficient (Wildman–Crippen LogP) is 3.61. The molecule has 123 valence electrons. The Morgan fingerprint density at radius 3 is 2.67 bits per heavy atom. The zero-order valence-corrected chi connectivity index (χ0v) is 14.0. The number of amidine groups is 1. The summed E-state index contributed by atoms with van der Waals surface area (Å²) in [6.45, 7) is 1.79. The first-order valence-electron chi connectivity index (χ1n) is 7.88. The molecule has 0 amide bonds. The van der Waals surface area contributed by atoms with Crippen molar-refractivity contribution in [3.05, 3.63) is 57.3 Å². The lowest BCUT2D eigenvalue weighted by Gasteiger charge is -2.28. The number of likely N-dealkylation sites (N-methyl/N-ethyl adjacent to an activating group) is 1. The van der Waals surface area contributed by atoms with E-state index in [-0.39, 0.29) is 5.84 Å². The molecule has 2 aromatic rings. The molecule has 1 N–H and O–H groups in total. The van der Waals surface area contributed by atoms with Crippen molar-refractivity contribution in [2.45, 2.75) is 19.4 Å². The highest BCUT2D eigenvalue weighted by Crippen LogP contribution is 2.41. The minimum Gasteiger partial charge on any atom is -0.569 e. The third kappa shape index (κ3) is 2.41. The lowest BCUT2D eigenvalue weighted by atomic mass is 9.86. The van der Waals surface area contributed by atoms with Crippen LogP contribution in [0.25, 0.3) is 11.1 Å². The average Bonchev–Trinajstić information content (AvgIpc) is 2.91. The lowest BCUT2D eigenvalue weighted by molar-refractivity contribution is 0.312. The Hall–Kier alpha value is -1.92. The number of hydrogen-bond donors (Lipinski definition) is 1. The summed E-state index contributed by atoms with van der Waals surface area (Å²) in [5.41, 5.74) is 6.14. The number of oxime groups is 1. The highest BCUT2D eigenvalue weighted by Gasteiger charge is 2.37. The van der Waals surface area contributed by atoms with Crippen LogP contribution in [0.5, 0.6) is 0 Å². The molecule has 2 aliphatic heterocycles. The maximum absolute atomic E-state index is 12.4. The molecule has 0 aliphatic carbocycles. The summed E-state index contributed by atoms with van der Waals surface area (Å²) >= 11 is 6.01. The van der Waals surface area contributed by atoms with Gasteiger partial charge in [-0.05, 0) is 53.0 Å². The van der Waals surface area contributed by atoms with Crippen LogP contribution < -0.4 is 5.06 Å². The third-order valence-corrected chi connectivity index (χ3v) is 5.13. The smallest absolute Gasteiger partial charge is 0.296 e. The van der Waals surface area contributed by atoms with Gasteiger partial charge in [0.25, 0.3) is 5.84 Å². The van der Waals surface area contributed by atoms with E-state index < -0.39 is 0 Å². The monoisotopic (exact) mass is 342 g/mol. The van der Waals surface area contributed by atoms with Gasteiger partial charge in [0, 0.05) is 29.7 Å².